The van der Waals surface area contributed by atoms with Gasteiger partial charge < -0.3 is 5.11 Å². The van der Waals surface area contributed by atoms with Gasteiger partial charge in [0.2, 0.25) is 0 Å². The van der Waals surface area contributed by atoms with Gasteiger partial charge in [0.05, 0.1) is 22.0 Å². The molecule has 17 heavy (non-hydrogen) atoms. The lowest BCUT2D eigenvalue weighted by molar-refractivity contribution is -0.136. The number of aromatic nitrogens is 1. The first-order chi connectivity index (χ1) is 8.06. The van der Waals surface area contributed by atoms with Gasteiger partial charge >= 0.3 is 5.97 Å². The average Bonchev–Trinajstić information content (AvgIpc) is 2.28. The van der Waals surface area contributed by atoms with E-state index >= 15 is 0 Å². The molecular weight excluding hydrogens is 261 g/mol. The first-order valence-electron chi connectivity index (χ1n) is 5.03. The van der Waals surface area contributed by atoms with Crippen LogP contribution in [0.3, 0.4) is 0 Å². The molecule has 0 aliphatic heterocycles. The molecule has 0 aliphatic rings. The van der Waals surface area contributed by atoms with E-state index in [1.165, 1.54) is 0 Å². The number of halogens is 2. The minimum Gasteiger partial charge on any atom is -0.481 e. The monoisotopic (exact) mass is 269 g/mol. The fourth-order valence-electron chi connectivity index (χ4n) is 1.53. The maximum atomic E-state index is 10.5. The van der Waals surface area contributed by atoms with Crippen LogP contribution in [0.25, 0.3) is 10.9 Å². The topological polar surface area (TPSA) is 50.2 Å². The number of pyridine rings is 1. The molecule has 0 fully saturated rings. The van der Waals surface area contributed by atoms with Gasteiger partial charge in [-0.2, -0.15) is 0 Å². The summed E-state index contributed by atoms with van der Waals surface area (Å²) in [5.74, 6) is -0.832. The molecular formula is C12H9Cl2NO2. The molecule has 2 aromatic rings. The van der Waals surface area contributed by atoms with Crippen LogP contribution in [0.2, 0.25) is 10.0 Å². The third-order valence-corrected chi connectivity index (χ3v) is 3.11. The molecule has 0 unspecified atom stereocenters. The van der Waals surface area contributed by atoms with E-state index in [2.05, 4.69) is 4.98 Å². The molecule has 0 aliphatic carbocycles. The molecule has 1 heterocycles. The number of aryl methyl sites for hydroxylation is 1. The van der Waals surface area contributed by atoms with Gasteiger partial charge in [-0.1, -0.05) is 29.3 Å². The van der Waals surface area contributed by atoms with Crippen molar-refractivity contribution in [2.45, 2.75) is 12.8 Å². The standard InChI is InChI=1S/C12H9Cl2NO2/c13-9-5-7-1-2-8(3-4-12(16)17)15-11(7)6-10(9)14/h1-2,5-6H,3-4H2,(H,16,17). The molecule has 1 aromatic heterocycles. The lowest BCUT2D eigenvalue weighted by Gasteiger charge is -2.03. The highest BCUT2D eigenvalue weighted by Gasteiger charge is 2.05. The Morgan fingerprint density at radius 3 is 2.65 bits per heavy atom. The van der Waals surface area contributed by atoms with Crippen LogP contribution in [-0.2, 0) is 11.2 Å². The Labute approximate surface area is 108 Å². The van der Waals surface area contributed by atoms with Crippen molar-refractivity contribution in [1.29, 1.82) is 0 Å². The van der Waals surface area contributed by atoms with Gasteiger partial charge in [-0.05, 0) is 18.2 Å². The zero-order valence-corrected chi connectivity index (χ0v) is 10.3. The quantitative estimate of drug-likeness (QED) is 0.927. The zero-order valence-electron chi connectivity index (χ0n) is 8.78. The van der Waals surface area contributed by atoms with Crippen molar-refractivity contribution in [1.82, 2.24) is 4.98 Å². The summed E-state index contributed by atoms with van der Waals surface area (Å²) in [6.45, 7) is 0. The van der Waals surface area contributed by atoms with Gasteiger partial charge in [-0.3, -0.25) is 9.78 Å². The Hall–Kier alpha value is -1.32. The molecule has 5 heteroatoms. The average molecular weight is 270 g/mol. The molecule has 1 N–H and O–H groups in total. The van der Waals surface area contributed by atoms with Crippen LogP contribution in [0.1, 0.15) is 12.1 Å². The highest BCUT2D eigenvalue weighted by molar-refractivity contribution is 6.42. The van der Waals surface area contributed by atoms with Crippen LogP contribution in [-0.4, -0.2) is 16.1 Å². The lowest BCUT2D eigenvalue weighted by atomic mass is 10.1. The van der Waals surface area contributed by atoms with Gasteiger partial charge in [-0.25, -0.2) is 0 Å². The summed E-state index contributed by atoms with van der Waals surface area (Å²) < 4.78 is 0. The molecule has 0 atom stereocenters. The van der Waals surface area contributed by atoms with Crippen molar-refractivity contribution in [3.63, 3.8) is 0 Å². The second-order valence-electron chi connectivity index (χ2n) is 3.66. The van der Waals surface area contributed by atoms with Gasteiger partial charge in [-0.15, -0.1) is 0 Å². The molecule has 0 spiro atoms. The molecule has 88 valence electrons. The number of rotatable bonds is 3. The van der Waals surface area contributed by atoms with Crippen LogP contribution in [0.15, 0.2) is 24.3 Å². The number of hydrogen-bond acceptors (Lipinski definition) is 2. The van der Waals surface area contributed by atoms with Crippen LogP contribution in [0.4, 0.5) is 0 Å². The van der Waals surface area contributed by atoms with Crippen LogP contribution in [0, 0.1) is 0 Å². The number of nitrogens with zero attached hydrogens (tertiary/aromatic N) is 1. The molecule has 1 aromatic carbocycles. The van der Waals surface area contributed by atoms with E-state index in [1.807, 2.05) is 6.07 Å². The highest BCUT2D eigenvalue weighted by Crippen LogP contribution is 2.27. The largest absolute Gasteiger partial charge is 0.481 e. The predicted molar refractivity (Wildman–Crippen MR) is 67.7 cm³/mol. The minimum absolute atomic E-state index is 0.0693. The van der Waals surface area contributed by atoms with E-state index in [9.17, 15) is 4.79 Å². The first kappa shape index (κ1) is 12.1. The summed E-state index contributed by atoms with van der Waals surface area (Å²) in [6, 6.07) is 7.09. The Morgan fingerprint density at radius 1 is 1.24 bits per heavy atom. The van der Waals surface area contributed by atoms with E-state index in [0.29, 0.717) is 16.5 Å². The molecule has 0 saturated heterocycles. The summed E-state index contributed by atoms with van der Waals surface area (Å²) >= 11 is 11.8. The Kier molecular flexibility index (Phi) is 3.50. The number of carboxylic acids is 1. The summed E-state index contributed by atoms with van der Waals surface area (Å²) in [7, 11) is 0. The van der Waals surface area contributed by atoms with E-state index in [4.69, 9.17) is 28.3 Å². The maximum absolute atomic E-state index is 10.5. The van der Waals surface area contributed by atoms with Gasteiger partial charge in [0, 0.05) is 17.5 Å². The van der Waals surface area contributed by atoms with Crippen molar-refractivity contribution in [2.24, 2.45) is 0 Å². The number of hydrogen-bond donors (Lipinski definition) is 1. The summed E-state index contributed by atoms with van der Waals surface area (Å²) in [5, 5.41) is 10.4. The van der Waals surface area contributed by atoms with Crippen LogP contribution in [0.5, 0.6) is 0 Å². The lowest BCUT2D eigenvalue weighted by Crippen LogP contribution is -1.99. The third kappa shape index (κ3) is 2.87. The maximum Gasteiger partial charge on any atom is 0.303 e. The fourth-order valence-corrected chi connectivity index (χ4v) is 1.86. The second-order valence-corrected chi connectivity index (χ2v) is 4.47. The van der Waals surface area contributed by atoms with Crippen molar-refractivity contribution < 1.29 is 9.90 Å². The van der Waals surface area contributed by atoms with Crippen molar-refractivity contribution in [3.05, 3.63) is 40.0 Å². The Morgan fingerprint density at radius 2 is 1.94 bits per heavy atom. The van der Waals surface area contributed by atoms with Crippen molar-refractivity contribution >= 4 is 40.1 Å². The summed E-state index contributed by atoms with van der Waals surface area (Å²) in [4.78, 5) is 14.8. The zero-order chi connectivity index (χ0) is 12.4. The molecule has 3 nitrogen and oxygen atoms in total. The summed E-state index contributed by atoms with van der Waals surface area (Å²) in [5.41, 5.74) is 1.46. The smallest absolute Gasteiger partial charge is 0.303 e. The van der Waals surface area contributed by atoms with Crippen LogP contribution >= 0.6 is 23.2 Å². The van der Waals surface area contributed by atoms with Gasteiger partial charge in [0.1, 0.15) is 0 Å². The van der Waals surface area contributed by atoms with Crippen molar-refractivity contribution in [2.75, 3.05) is 0 Å². The highest BCUT2D eigenvalue weighted by atomic mass is 35.5. The van der Waals surface area contributed by atoms with E-state index < -0.39 is 5.97 Å². The number of carboxylic acid groups (broad SMARTS) is 1. The molecule has 0 amide bonds. The fraction of sp³-hybridized carbons (Fsp3) is 0.167. The molecule has 0 radical (unpaired) electrons. The molecule has 0 bridgehead atoms. The third-order valence-electron chi connectivity index (χ3n) is 2.38. The SMILES string of the molecule is O=C(O)CCc1ccc2cc(Cl)c(Cl)cc2n1. The number of fused-ring (bicyclic) bond motifs is 1. The minimum atomic E-state index is -0.832. The van der Waals surface area contributed by atoms with E-state index in [1.54, 1.807) is 18.2 Å². The number of aliphatic carboxylic acids is 1. The molecule has 2 rings (SSSR count). The first-order valence-corrected chi connectivity index (χ1v) is 5.78. The number of carbonyl (C=O) groups is 1. The van der Waals surface area contributed by atoms with Crippen LogP contribution < -0.4 is 0 Å². The Bertz CT molecular complexity index is 584. The normalized spacial score (nSPS) is 10.7. The predicted octanol–water partition coefficient (Wildman–Crippen LogP) is 3.56. The Balaban J connectivity index is 2.36. The van der Waals surface area contributed by atoms with E-state index in [0.717, 1.165) is 16.6 Å². The second kappa shape index (κ2) is 4.90. The van der Waals surface area contributed by atoms with E-state index in [-0.39, 0.29) is 6.42 Å². The van der Waals surface area contributed by atoms with Gasteiger partial charge in [0.15, 0.2) is 0 Å². The van der Waals surface area contributed by atoms with Crippen molar-refractivity contribution in [3.8, 4) is 0 Å². The molecule has 0 saturated carbocycles. The number of benzene rings is 1. The summed E-state index contributed by atoms with van der Waals surface area (Å²) in [6.07, 6.45) is 0.478. The van der Waals surface area contributed by atoms with Gasteiger partial charge in [0.25, 0.3) is 0 Å².